The van der Waals surface area contributed by atoms with Gasteiger partial charge in [-0.2, -0.15) is 8.42 Å². The van der Waals surface area contributed by atoms with Crippen molar-refractivity contribution in [3.05, 3.63) is 22.7 Å². The molecule has 1 heterocycles. The first-order valence-electron chi connectivity index (χ1n) is 8.14. The number of hydrogen-bond donors (Lipinski definition) is 2. The standard InChI is InChI=1S/C16H24ClN3O5S/c1-11-5-6-12(18-26(22,23)24)13(17)14(11)19-7-9-20(10-8-19)15(21)25-16(2,3)4/h5-6,18H,7-10H2,1-4H3,(H,22,23,24). The molecule has 1 saturated heterocycles. The molecule has 2 rings (SSSR count). The van der Waals surface area contributed by atoms with E-state index >= 15 is 0 Å². The predicted octanol–water partition coefficient (Wildman–Crippen LogP) is 2.92. The minimum atomic E-state index is -4.42. The minimum Gasteiger partial charge on any atom is -0.444 e. The number of halogens is 1. The fraction of sp³-hybridized carbons (Fsp3) is 0.562. The number of carbonyl (C=O) groups is 1. The number of nitrogens with one attached hydrogen (secondary N) is 1. The van der Waals surface area contributed by atoms with E-state index in [0.717, 1.165) is 5.56 Å². The van der Waals surface area contributed by atoms with Gasteiger partial charge in [-0.15, -0.1) is 0 Å². The molecule has 0 spiro atoms. The molecule has 10 heteroatoms. The van der Waals surface area contributed by atoms with Crippen LogP contribution in [-0.2, 0) is 15.0 Å². The maximum absolute atomic E-state index is 12.2. The summed E-state index contributed by atoms with van der Waals surface area (Å²) in [4.78, 5) is 15.8. The van der Waals surface area contributed by atoms with Crippen LogP contribution < -0.4 is 9.62 Å². The number of anilines is 2. The van der Waals surface area contributed by atoms with Gasteiger partial charge in [-0.3, -0.25) is 9.27 Å². The Labute approximate surface area is 158 Å². The lowest BCUT2D eigenvalue weighted by Gasteiger charge is -2.37. The Balaban J connectivity index is 2.14. The lowest BCUT2D eigenvalue weighted by molar-refractivity contribution is 0.0240. The van der Waals surface area contributed by atoms with Gasteiger partial charge in [0.1, 0.15) is 5.60 Å². The van der Waals surface area contributed by atoms with Crippen LogP contribution in [0.4, 0.5) is 16.2 Å². The molecule has 1 fully saturated rings. The molecule has 0 aliphatic carbocycles. The van der Waals surface area contributed by atoms with Crippen molar-refractivity contribution in [2.24, 2.45) is 0 Å². The molecule has 26 heavy (non-hydrogen) atoms. The molecule has 8 nitrogen and oxygen atoms in total. The van der Waals surface area contributed by atoms with Crippen LogP contribution in [0.1, 0.15) is 26.3 Å². The summed E-state index contributed by atoms with van der Waals surface area (Å²) in [6.07, 6.45) is -0.359. The van der Waals surface area contributed by atoms with Crippen molar-refractivity contribution in [3.63, 3.8) is 0 Å². The topological polar surface area (TPSA) is 99.2 Å². The molecule has 1 amide bonds. The average Bonchev–Trinajstić information content (AvgIpc) is 2.48. The summed E-state index contributed by atoms with van der Waals surface area (Å²) < 4.78 is 38.5. The summed E-state index contributed by atoms with van der Waals surface area (Å²) in [5, 5.41) is 0.202. The van der Waals surface area contributed by atoms with E-state index in [9.17, 15) is 13.2 Å². The Hall–Kier alpha value is -1.71. The van der Waals surface area contributed by atoms with E-state index in [0.29, 0.717) is 31.9 Å². The van der Waals surface area contributed by atoms with Crippen molar-refractivity contribution >= 4 is 39.4 Å². The molecule has 0 aromatic heterocycles. The predicted molar refractivity (Wildman–Crippen MR) is 101 cm³/mol. The largest absolute Gasteiger partial charge is 0.444 e. The second kappa shape index (κ2) is 7.50. The molecular formula is C16H24ClN3O5S. The third-order valence-electron chi connectivity index (χ3n) is 3.80. The van der Waals surface area contributed by atoms with Crippen LogP contribution in [0.25, 0.3) is 0 Å². The Bertz CT molecular complexity index is 784. The lowest BCUT2D eigenvalue weighted by Crippen LogP contribution is -2.50. The number of amides is 1. The third-order valence-corrected chi connectivity index (χ3v) is 4.66. The van der Waals surface area contributed by atoms with Crippen molar-refractivity contribution in [2.45, 2.75) is 33.3 Å². The first kappa shape index (κ1) is 20.6. The van der Waals surface area contributed by atoms with Crippen molar-refractivity contribution in [1.29, 1.82) is 0 Å². The Morgan fingerprint density at radius 1 is 1.23 bits per heavy atom. The van der Waals surface area contributed by atoms with Gasteiger partial charge in [0.15, 0.2) is 0 Å². The highest BCUT2D eigenvalue weighted by Gasteiger charge is 2.27. The smallest absolute Gasteiger partial charge is 0.410 e. The van der Waals surface area contributed by atoms with Gasteiger partial charge in [0.05, 0.1) is 16.4 Å². The first-order chi connectivity index (χ1) is 11.9. The molecule has 1 aromatic carbocycles. The summed E-state index contributed by atoms with van der Waals surface area (Å²) in [7, 11) is -4.42. The van der Waals surface area contributed by atoms with E-state index in [-0.39, 0.29) is 16.8 Å². The molecule has 1 aliphatic rings. The highest BCUT2D eigenvalue weighted by atomic mass is 35.5. The van der Waals surface area contributed by atoms with E-state index in [1.807, 2.05) is 37.3 Å². The summed E-state index contributed by atoms with van der Waals surface area (Å²) >= 11 is 6.35. The molecular weight excluding hydrogens is 382 g/mol. The molecule has 0 saturated carbocycles. The van der Waals surface area contributed by atoms with Gasteiger partial charge in [-0.05, 0) is 39.3 Å². The van der Waals surface area contributed by atoms with Crippen LogP contribution in [0.2, 0.25) is 5.02 Å². The van der Waals surface area contributed by atoms with Crippen LogP contribution in [-0.4, -0.2) is 55.7 Å². The number of hydrogen-bond acceptors (Lipinski definition) is 5. The molecule has 0 unspecified atom stereocenters. The fourth-order valence-corrected chi connectivity index (χ4v) is 3.59. The van der Waals surface area contributed by atoms with Gasteiger partial charge < -0.3 is 14.5 Å². The molecule has 0 bridgehead atoms. The van der Waals surface area contributed by atoms with Crippen molar-refractivity contribution in [2.75, 3.05) is 35.8 Å². The van der Waals surface area contributed by atoms with Crippen molar-refractivity contribution in [3.8, 4) is 0 Å². The zero-order valence-corrected chi connectivity index (χ0v) is 16.8. The summed E-state index contributed by atoms with van der Waals surface area (Å²) in [6.45, 7) is 9.28. The number of carbonyl (C=O) groups excluding carboxylic acids is 1. The fourth-order valence-electron chi connectivity index (χ4n) is 2.71. The number of piperazine rings is 1. The Kier molecular flexibility index (Phi) is 5.94. The summed E-state index contributed by atoms with van der Waals surface area (Å²) in [5.74, 6) is 0. The van der Waals surface area contributed by atoms with Crippen LogP contribution in [0.3, 0.4) is 0 Å². The highest BCUT2D eigenvalue weighted by molar-refractivity contribution is 7.87. The maximum Gasteiger partial charge on any atom is 0.410 e. The third kappa shape index (κ3) is 5.39. The number of nitrogens with zero attached hydrogens (tertiary/aromatic N) is 2. The minimum absolute atomic E-state index is 0.101. The van der Waals surface area contributed by atoms with E-state index in [2.05, 4.69) is 0 Å². The van der Waals surface area contributed by atoms with E-state index in [1.165, 1.54) is 6.07 Å². The van der Waals surface area contributed by atoms with Crippen LogP contribution in [0, 0.1) is 6.92 Å². The van der Waals surface area contributed by atoms with Gasteiger partial charge in [0.25, 0.3) is 0 Å². The molecule has 2 N–H and O–H groups in total. The van der Waals surface area contributed by atoms with Gasteiger partial charge >= 0.3 is 16.4 Å². The number of ether oxygens (including phenoxy) is 1. The molecule has 1 aromatic rings. The van der Waals surface area contributed by atoms with E-state index in [1.54, 1.807) is 11.0 Å². The van der Waals surface area contributed by atoms with Gasteiger partial charge in [-0.1, -0.05) is 17.7 Å². The number of benzene rings is 1. The summed E-state index contributed by atoms with van der Waals surface area (Å²) in [5.41, 5.74) is 1.08. The zero-order chi connectivity index (χ0) is 19.7. The molecule has 146 valence electrons. The zero-order valence-electron chi connectivity index (χ0n) is 15.2. The van der Waals surface area contributed by atoms with Crippen LogP contribution >= 0.6 is 11.6 Å². The second-order valence-electron chi connectivity index (χ2n) is 7.12. The van der Waals surface area contributed by atoms with Gasteiger partial charge in [-0.25, -0.2) is 4.79 Å². The SMILES string of the molecule is Cc1ccc(NS(=O)(=O)O)c(Cl)c1N1CCN(C(=O)OC(C)(C)C)CC1. The first-order valence-corrected chi connectivity index (χ1v) is 9.96. The van der Waals surface area contributed by atoms with Gasteiger partial charge in [0, 0.05) is 26.2 Å². The average molecular weight is 406 g/mol. The van der Waals surface area contributed by atoms with Gasteiger partial charge in [0.2, 0.25) is 0 Å². The van der Waals surface area contributed by atoms with Crippen LogP contribution in [0.15, 0.2) is 12.1 Å². The number of aryl methyl sites for hydroxylation is 1. The molecule has 1 aliphatic heterocycles. The Morgan fingerprint density at radius 2 is 1.81 bits per heavy atom. The molecule has 0 atom stereocenters. The van der Waals surface area contributed by atoms with Crippen molar-refractivity contribution in [1.82, 2.24) is 4.90 Å². The van der Waals surface area contributed by atoms with Crippen LogP contribution in [0.5, 0.6) is 0 Å². The normalized spacial score (nSPS) is 15.8. The highest BCUT2D eigenvalue weighted by Crippen LogP contribution is 2.36. The van der Waals surface area contributed by atoms with Crippen molar-refractivity contribution < 1.29 is 22.5 Å². The molecule has 0 radical (unpaired) electrons. The monoisotopic (exact) mass is 405 g/mol. The van der Waals surface area contributed by atoms with E-state index < -0.39 is 15.9 Å². The number of rotatable bonds is 3. The maximum atomic E-state index is 12.2. The summed E-state index contributed by atoms with van der Waals surface area (Å²) in [6, 6.07) is 3.21. The quantitative estimate of drug-likeness (QED) is 0.750. The lowest BCUT2D eigenvalue weighted by atomic mass is 10.1. The van der Waals surface area contributed by atoms with E-state index in [4.69, 9.17) is 20.9 Å². The second-order valence-corrected chi connectivity index (χ2v) is 8.66. The Morgan fingerprint density at radius 3 is 2.31 bits per heavy atom.